The zero-order chi connectivity index (χ0) is 19.1. The van der Waals surface area contributed by atoms with Gasteiger partial charge in [0.1, 0.15) is 17.0 Å². The quantitative estimate of drug-likeness (QED) is 0.468. The number of aromatic nitrogens is 7. The second-order valence-corrected chi connectivity index (χ2v) is 7.35. The molecule has 0 N–H and O–H groups in total. The number of fused-ring (bicyclic) bond motifs is 1. The van der Waals surface area contributed by atoms with Crippen molar-refractivity contribution in [2.45, 2.75) is 6.92 Å². The first-order valence-electron chi connectivity index (χ1n) is 8.67. The highest BCUT2D eigenvalue weighted by molar-refractivity contribution is 7.18. The molecule has 0 aromatic carbocycles. The van der Waals surface area contributed by atoms with Crippen molar-refractivity contribution in [1.82, 2.24) is 34.5 Å². The molecule has 0 saturated heterocycles. The van der Waals surface area contributed by atoms with Crippen molar-refractivity contribution < 1.29 is 0 Å². The molecular formula is C20H15N7S. The summed E-state index contributed by atoms with van der Waals surface area (Å²) < 4.78 is 2.08. The van der Waals surface area contributed by atoms with Crippen LogP contribution in [0.25, 0.3) is 43.6 Å². The second kappa shape index (κ2) is 6.58. The van der Waals surface area contributed by atoms with Gasteiger partial charge >= 0.3 is 0 Å². The Hall–Kier alpha value is -3.52. The lowest BCUT2D eigenvalue weighted by molar-refractivity contribution is 0.968. The molecule has 5 aromatic rings. The van der Waals surface area contributed by atoms with Gasteiger partial charge in [-0.15, -0.1) is 11.3 Å². The zero-order valence-electron chi connectivity index (χ0n) is 15.2. The predicted molar refractivity (Wildman–Crippen MR) is 109 cm³/mol. The fraction of sp³-hybridized carbons (Fsp3) is 0.100. The smallest absolute Gasteiger partial charge is 0.178 e. The Morgan fingerprint density at radius 3 is 2.61 bits per heavy atom. The fourth-order valence-electron chi connectivity index (χ4n) is 3.13. The highest BCUT2D eigenvalue weighted by atomic mass is 32.1. The van der Waals surface area contributed by atoms with Crippen LogP contribution < -0.4 is 0 Å². The lowest BCUT2D eigenvalue weighted by atomic mass is 10.1. The summed E-state index contributed by atoms with van der Waals surface area (Å²) in [6, 6.07) is 5.90. The zero-order valence-corrected chi connectivity index (χ0v) is 16.1. The number of thiazole rings is 1. The van der Waals surface area contributed by atoms with Crippen molar-refractivity contribution in [3.8, 4) is 32.7 Å². The van der Waals surface area contributed by atoms with E-state index in [4.69, 9.17) is 9.97 Å². The Morgan fingerprint density at radius 1 is 1.04 bits per heavy atom. The van der Waals surface area contributed by atoms with Crippen LogP contribution in [0.2, 0.25) is 0 Å². The van der Waals surface area contributed by atoms with Crippen LogP contribution in [0.15, 0.2) is 55.5 Å². The molecule has 7 nitrogen and oxygen atoms in total. The van der Waals surface area contributed by atoms with Gasteiger partial charge in [0.15, 0.2) is 5.82 Å². The number of nitrogens with zero attached hydrogens (tertiary/aromatic N) is 7. The minimum Gasteiger partial charge on any atom is -0.350 e. The van der Waals surface area contributed by atoms with Crippen LogP contribution in [0.3, 0.4) is 0 Å². The molecule has 0 fully saturated rings. The van der Waals surface area contributed by atoms with E-state index in [1.165, 1.54) is 6.33 Å². The summed E-state index contributed by atoms with van der Waals surface area (Å²) in [5.41, 5.74) is 4.52. The SMILES string of the molecule is Cc1nc(-c2cncnc2)sc1-c1nc(-c2ncccn2)cc2c1ccn2C. The van der Waals surface area contributed by atoms with Gasteiger partial charge in [0.2, 0.25) is 0 Å². The summed E-state index contributed by atoms with van der Waals surface area (Å²) in [7, 11) is 2.02. The van der Waals surface area contributed by atoms with Crippen molar-refractivity contribution in [1.29, 1.82) is 0 Å². The Labute approximate surface area is 164 Å². The van der Waals surface area contributed by atoms with Crippen LogP contribution in [0.1, 0.15) is 5.69 Å². The molecule has 28 heavy (non-hydrogen) atoms. The summed E-state index contributed by atoms with van der Waals surface area (Å²) in [4.78, 5) is 27.6. The molecule has 8 heteroatoms. The molecular weight excluding hydrogens is 370 g/mol. The van der Waals surface area contributed by atoms with Crippen molar-refractivity contribution in [2.75, 3.05) is 0 Å². The Bertz CT molecular complexity index is 1280. The third-order valence-electron chi connectivity index (χ3n) is 4.50. The van der Waals surface area contributed by atoms with Crippen LogP contribution in [-0.2, 0) is 7.05 Å². The Morgan fingerprint density at radius 2 is 1.82 bits per heavy atom. The highest BCUT2D eigenvalue weighted by Crippen LogP contribution is 2.38. The van der Waals surface area contributed by atoms with Gasteiger partial charge in [0.05, 0.1) is 21.8 Å². The third kappa shape index (κ3) is 2.74. The number of aryl methyl sites for hydroxylation is 2. The van der Waals surface area contributed by atoms with Crippen LogP contribution in [-0.4, -0.2) is 34.5 Å². The molecule has 0 radical (unpaired) electrons. The molecule has 0 aliphatic rings. The van der Waals surface area contributed by atoms with E-state index < -0.39 is 0 Å². The van der Waals surface area contributed by atoms with E-state index in [1.54, 1.807) is 42.2 Å². The molecule has 0 saturated carbocycles. The monoisotopic (exact) mass is 385 g/mol. The fourth-order valence-corrected chi connectivity index (χ4v) is 4.18. The van der Waals surface area contributed by atoms with E-state index in [0.717, 1.165) is 43.4 Å². The number of pyridine rings is 1. The second-order valence-electron chi connectivity index (χ2n) is 6.35. The first-order valence-corrected chi connectivity index (χ1v) is 9.49. The molecule has 0 atom stereocenters. The first kappa shape index (κ1) is 16.6. The van der Waals surface area contributed by atoms with Gasteiger partial charge in [-0.25, -0.2) is 29.9 Å². The summed E-state index contributed by atoms with van der Waals surface area (Å²) in [6.07, 6.45) is 10.6. The van der Waals surface area contributed by atoms with Crippen LogP contribution in [0, 0.1) is 6.92 Å². The maximum atomic E-state index is 4.92. The Kier molecular flexibility index (Phi) is 3.91. The van der Waals surface area contributed by atoms with Gasteiger partial charge in [-0.2, -0.15) is 0 Å². The van der Waals surface area contributed by atoms with Crippen molar-refractivity contribution >= 4 is 22.2 Å². The van der Waals surface area contributed by atoms with Crippen molar-refractivity contribution in [3.63, 3.8) is 0 Å². The van der Waals surface area contributed by atoms with E-state index in [1.807, 2.05) is 26.2 Å². The van der Waals surface area contributed by atoms with Gasteiger partial charge in [-0.05, 0) is 25.1 Å². The van der Waals surface area contributed by atoms with E-state index in [0.29, 0.717) is 5.82 Å². The van der Waals surface area contributed by atoms with Gasteiger partial charge < -0.3 is 4.57 Å². The number of hydrogen-bond donors (Lipinski definition) is 0. The largest absolute Gasteiger partial charge is 0.350 e. The van der Waals surface area contributed by atoms with Crippen molar-refractivity contribution in [3.05, 3.63) is 61.2 Å². The molecule has 0 aliphatic heterocycles. The number of hydrogen-bond acceptors (Lipinski definition) is 7. The minimum absolute atomic E-state index is 0.603. The molecule has 0 spiro atoms. The number of rotatable bonds is 3. The predicted octanol–water partition coefficient (Wildman–Crippen LogP) is 3.92. The Balaban J connectivity index is 1.74. The molecule has 5 heterocycles. The highest BCUT2D eigenvalue weighted by Gasteiger charge is 2.18. The van der Waals surface area contributed by atoms with Crippen LogP contribution >= 0.6 is 11.3 Å². The molecule has 5 aromatic heterocycles. The normalized spacial score (nSPS) is 11.2. The maximum Gasteiger partial charge on any atom is 0.178 e. The summed E-state index contributed by atoms with van der Waals surface area (Å²) in [5.74, 6) is 0.603. The topological polar surface area (TPSA) is 82.3 Å². The molecule has 0 bridgehead atoms. The average Bonchev–Trinajstić information content (AvgIpc) is 3.32. The molecule has 0 amide bonds. The molecule has 5 rings (SSSR count). The van der Waals surface area contributed by atoms with Gasteiger partial charge in [-0.3, -0.25) is 0 Å². The van der Waals surface area contributed by atoms with Gasteiger partial charge in [0, 0.05) is 49.0 Å². The van der Waals surface area contributed by atoms with E-state index in [9.17, 15) is 0 Å². The molecule has 0 unspecified atom stereocenters. The van der Waals surface area contributed by atoms with E-state index >= 15 is 0 Å². The molecule has 136 valence electrons. The minimum atomic E-state index is 0.603. The average molecular weight is 385 g/mol. The lowest BCUT2D eigenvalue weighted by Crippen LogP contribution is -1.95. The molecule has 0 aliphatic carbocycles. The third-order valence-corrected chi connectivity index (χ3v) is 5.71. The van der Waals surface area contributed by atoms with Crippen LogP contribution in [0.4, 0.5) is 0 Å². The lowest BCUT2D eigenvalue weighted by Gasteiger charge is -2.07. The van der Waals surface area contributed by atoms with E-state index in [-0.39, 0.29) is 0 Å². The summed E-state index contributed by atoms with van der Waals surface area (Å²) in [6.45, 7) is 2.00. The van der Waals surface area contributed by atoms with E-state index in [2.05, 4.69) is 30.6 Å². The first-order chi connectivity index (χ1) is 13.7. The van der Waals surface area contributed by atoms with Crippen molar-refractivity contribution in [2.24, 2.45) is 7.05 Å². The van der Waals surface area contributed by atoms with Gasteiger partial charge in [-0.1, -0.05) is 0 Å². The summed E-state index contributed by atoms with van der Waals surface area (Å²) in [5, 5.41) is 1.95. The van der Waals surface area contributed by atoms with Crippen LogP contribution in [0.5, 0.6) is 0 Å². The van der Waals surface area contributed by atoms with Gasteiger partial charge in [0.25, 0.3) is 0 Å². The maximum absolute atomic E-state index is 4.92. The standard InChI is InChI=1S/C20H15N7S/c1-12-18(28-20(25-12)13-9-21-11-22-10-13)17-14-4-7-27(2)16(14)8-15(26-17)19-23-5-3-6-24-19/h3-11H,1-2H3. The summed E-state index contributed by atoms with van der Waals surface area (Å²) >= 11 is 1.59.